The summed E-state index contributed by atoms with van der Waals surface area (Å²) in [4.78, 5) is 12.9. The highest BCUT2D eigenvalue weighted by atomic mass is 32.2. The molecule has 3 rings (SSSR count). The zero-order valence-electron chi connectivity index (χ0n) is 21.5. The normalized spacial score (nSPS) is 11.7. The quantitative estimate of drug-likeness (QED) is 0.229. The van der Waals surface area contributed by atoms with Crippen LogP contribution >= 0.6 is 12.2 Å². The van der Waals surface area contributed by atoms with Gasteiger partial charge in [0.2, 0.25) is 15.9 Å². The zero-order valence-corrected chi connectivity index (χ0v) is 23.1. The number of amides is 1. The fraction of sp³-hybridized carbons (Fsp3) is 0.333. The van der Waals surface area contributed by atoms with Crippen molar-refractivity contribution in [2.45, 2.75) is 52.0 Å². The van der Waals surface area contributed by atoms with E-state index >= 15 is 0 Å². The van der Waals surface area contributed by atoms with Crippen molar-refractivity contribution in [2.75, 3.05) is 11.9 Å². The molecule has 1 heterocycles. The van der Waals surface area contributed by atoms with Crippen molar-refractivity contribution < 1.29 is 22.4 Å². The summed E-state index contributed by atoms with van der Waals surface area (Å²) < 4.78 is 38.5. The summed E-state index contributed by atoms with van der Waals surface area (Å²) in [6, 6.07) is 15.5. The third-order valence-electron chi connectivity index (χ3n) is 5.83. The zero-order chi connectivity index (χ0) is 27.1. The number of aryl methyl sites for hydroxylation is 2. The number of nitrogens with one attached hydrogen (secondary N) is 3. The summed E-state index contributed by atoms with van der Waals surface area (Å²) in [5.41, 5.74) is 2.11. The standard InChI is InChI=1S/C27H33N3O5S2/c1-19-8-9-20(2)24(17-19)35-16-6-14-27(3,4)25(31)30-26(36)29-21-10-12-23(13-11-21)37(32,33)28-18-22-7-5-15-34-22/h5,7-13,15,17,28H,6,14,16,18H2,1-4H3,(H2,29,30,31,36). The second-order valence-electron chi connectivity index (χ2n) is 9.44. The monoisotopic (exact) mass is 543 g/mol. The average Bonchev–Trinajstić information content (AvgIpc) is 3.37. The lowest BCUT2D eigenvalue weighted by atomic mass is 9.87. The van der Waals surface area contributed by atoms with E-state index < -0.39 is 15.4 Å². The van der Waals surface area contributed by atoms with E-state index in [1.54, 1.807) is 24.3 Å². The van der Waals surface area contributed by atoms with Crippen LogP contribution in [0, 0.1) is 19.3 Å². The predicted octanol–water partition coefficient (Wildman–Crippen LogP) is 5.07. The first-order valence-electron chi connectivity index (χ1n) is 11.9. The van der Waals surface area contributed by atoms with E-state index in [1.807, 2.05) is 45.9 Å². The number of furan rings is 1. The van der Waals surface area contributed by atoms with Gasteiger partial charge in [-0.2, -0.15) is 0 Å². The molecule has 3 aromatic rings. The van der Waals surface area contributed by atoms with E-state index in [1.165, 1.54) is 18.4 Å². The second kappa shape index (κ2) is 12.4. The maximum absolute atomic E-state index is 12.8. The topological polar surface area (TPSA) is 110 Å². The predicted molar refractivity (Wildman–Crippen MR) is 148 cm³/mol. The molecule has 0 aliphatic rings. The molecule has 10 heteroatoms. The summed E-state index contributed by atoms with van der Waals surface area (Å²) in [7, 11) is -3.70. The average molecular weight is 544 g/mol. The Hall–Kier alpha value is -3.21. The maximum atomic E-state index is 12.8. The van der Waals surface area contributed by atoms with Crippen molar-refractivity contribution in [1.82, 2.24) is 10.0 Å². The van der Waals surface area contributed by atoms with Crippen LogP contribution in [-0.2, 0) is 21.4 Å². The van der Waals surface area contributed by atoms with Gasteiger partial charge in [0.05, 0.1) is 24.3 Å². The Morgan fingerprint density at radius 3 is 2.49 bits per heavy atom. The maximum Gasteiger partial charge on any atom is 0.240 e. The van der Waals surface area contributed by atoms with Crippen LogP contribution in [0.5, 0.6) is 5.75 Å². The van der Waals surface area contributed by atoms with Crippen LogP contribution in [0.25, 0.3) is 0 Å². The molecule has 0 radical (unpaired) electrons. The highest BCUT2D eigenvalue weighted by molar-refractivity contribution is 7.89. The molecule has 0 bridgehead atoms. The molecular weight excluding hydrogens is 510 g/mol. The van der Waals surface area contributed by atoms with Crippen LogP contribution in [0.4, 0.5) is 5.69 Å². The van der Waals surface area contributed by atoms with E-state index in [4.69, 9.17) is 21.4 Å². The highest BCUT2D eigenvalue weighted by Crippen LogP contribution is 2.24. The molecule has 8 nitrogen and oxygen atoms in total. The summed E-state index contributed by atoms with van der Waals surface area (Å²) in [5, 5.41) is 5.78. The van der Waals surface area contributed by atoms with E-state index in [0.29, 0.717) is 30.9 Å². The first-order chi connectivity index (χ1) is 17.5. The Morgan fingerprint density at radius 2 is 1.81 bits per heavy atom. The molecule has 1 aromatic heterocycles. The molecule has 0 aliphatic heterocycles. The van der Waals surface area contributed by atoms with E-state index in [0.717, 1.165) is 16.9 Å². The third kappa shape index (κ3) is 8.41. The molecule has 0 spiro atoms. The molecule has 0 fully saturated rings. The van der Waals surface area contributed by atoms with Gasteiger partial charge in [0.15, 0.2) is 5.11 Å². The molecule has 0 atom stereocenters. The number of carbonyl (C=O) groups excluding carboxylic acids is 1. The minimum absolute atomic E-state index is 0.0545. The van der Waals surface area contributed by atoms with Crippen LogP contribution in [0.1, 0.15) is 43.6 Å². The van der Waals surface area contributed by atoms with Crippen LogP contribution in [0.3, 0.4) is 0 Å². The minimum atomic E-state index is -3.70. The summed E-state index contributed by atoms with van der Waals surface area (Å²) in [6.07, 6.45) is 2.80. The first-order valence-corrected chi connectivity index (χ1v) is 13.8. The summed E-state index contributed by atoms with van der Waals surface area (Å²) in [5.74, 6) is 1.16. The minimum Gasteiger partial charge on any atom is -0.493 e. The Balaban J connectivity index is 1.45. The van der Waals surface area contributed by atoms with Crippen molar-refractivity contribution in [3.8, 4) is 5.75 Å². The smallest absolute Gasteiger partial charge is 0.240 e. The Kier molecular flexibility index (Phi) is 9.47. The second-order valence-corrected chi connectivity index (χ2v) is 11.6. The van der Waals surface area contributed by atoms with Crippen LogP contribution < -0.4 is 20.1 Å². The molecule has 37 heavy (non-hydrogen) atoms. The molecule has 0 aliphatic carbocycles. The Bertz CT molecular complexity index is 1320. The highest BCUT2D eigenvalue weighted by Gasteiger charge is 2.28. The number of thiocarbonyl (C=S) groups is 1. The molecule has 0 saturated carbocycles. The fourth-order valence-electron chi connectivity index (χ4n) is 3.49. The lowest BCUT2D eigenvalue weighted by Gasteiger charge is -2.24. The van der Waals surface area contributed by atoms with Gasteiger partial charge >= 0.3 is 0 Å². The molecular formula is C27H33N3O5S2. The molecule has 0 unspecified atom stereocenters. The van der Waals surface area contributed by atoms with E-state index in [2.05, 4.69) is 15.4 Å². The summed E-state index contributed by atoms with van der Waals surface area (Å²) >= 11 is 5.29. The van der Waals surface area contributed by atoms with Crippen molar-refractivity contribution in [2.24, 2.45) is 5.41 Å². The lowest BCUT2D eigenvalue weighted by molar-refractivity contribution is -0.128. The van der Waals surface area contributed by atoms with Gasteiger partial charge in [0, 0.05) is 11.1 Å². The van der Waals surface area contributed by atoms with Crippen LogP contribution in [-0.4, -0.2) is 26.0 Å². The van der Waals surface area contributed by atoms with Gasteiger partial charge in [0.1, 0.15) is 11.5 Å². The molecule has 3 N–H and O–H groups in total. The lowest BCUT2D eigenvalue weighted by Crippen LogP contribution is -2.42. The van der Waals surface area contributed by atoms with Gasteiger partial charge in [-0.3, -0.25) is 4.79 Å². The molecule has 198 valence electrons. The third-order valence-corrected chi connectivity index (χ3v) is 7.45. The summed E-state index contributed by atoms with van der Waals surface area (Å²) in [6.45, 7) is 8.31. The number of ether oxygens (including phenoxy) is 1. The van der Waals surface area contributed by atoms with E-state index in [9.17, 15) is 13.2 Å². The fourth-order valence-corrected chi connectivity index (χ4v) is 4.69. The van der Waals surface area contributed by atoms with Crippen LogP contribution in [0.15, 0.2) is 70.2 Å². The number of anilines is 1. The number of sulfonamides is 1. The SMILES string of the molecule is Cc1ccc(C)c(OCCCC(C)(C)C(=O)NC(=S)Nc2ccc(S(=O)(=O)NCc3ccco3)cc2)c1. The van der Waals surface area contributed by atoms with Gasteiger partial charge in [-0.1, -0.05) is 26.0 Å². The Morgan fingerprint density at radius 1 is 1.08 bits per heavy atom. The largest absolute Gasteiger partial charge is 0.493 e. The number of hydrogen-bond donors (Lipinski definition) is 3. The van der Waals surface area contributed by atoms with Gasteiger partial charge in [-0.15, -0.1) is 0 Å². The van der Waals surface area contributed by atoms with Gasteiger partial charge in [0.25, 0.3) is 0 Å². The number of hydrogen-bond acceptors (Lipinski definition) is 6. The van der Waals surface area contributed by atoms with Crippen molar-refractivity contribution in [3.05, 3.63) is 77.7 Å². The number of carbonyl (C=O) groups is 1. The molecule has 2 aromatic carbocycles. The Labute approximate surface area is 223 Å². The molecule has 1 amide bonds. The van der Waals surface area contributed by atoms with Crippen molar-refractivity contribution in [1.29, 1.82) is 0 Å². The number of benzene rings is 2. The first kappa shape index (κ1) is 28.4. The van der Waals surface area contributed by atoms with Gasteiger partial charge in [-0.05, 0) is 92.5 Å². The van der Waals surface area contributed by atoms with Gasteiger partial charge < -0.3 is 19.8 Å². The van der Waals surface area contributed by atoms with Gasteiger partial charge in [-0.25, -0.2) is 13.1 Å². The number of rotatable bonds is 11. The van der Waals surface area contributed by atoms with Crippen molar-refractivity contribution >= 4 is 38.9 Å². The van der Waals surface area contributed by atoms with Crippen LogP contribution in [0.2, 0.25) is 0 Å². The molecule has 0 saturated heterocycles. The van der Waals surface area contributed by atoms with Crippen molar-refractivity contribution in [3.63, 3.8) is 0 Å². The van der Waals surface area contributed by atoms with E-state index in [-0.39, 0.29) is 22.5 Å².